The lowest BCUT2D eigenvalue weighted by Gasteiger charge is -1.98. The number of nitrogens with zero attached hydrogens (tertiary/aromatic N) is 4. The molecule has 2 N–H and O–H groups in total. The molecule has 88 valence electrons. The summed E-state index contributed by atoms with van der Waals surface area (Å²) in [6.45, 7) is 1.98. The maximum atomic E-state index is 11.3. The van der Waals surface area contributed by atoms with Crippen molar-refractivity contribution in [1.82, 2.24) is 20.2 Å². The number of anilines is 1. The highest BCUT2D eigenvalue weighted by atomic mass is 16.5. The molecule has 0 spiro atoms. The molecule has 1 heterocycles. The summed E-state index contributed by atoms with van der Waals surface area (Å²) in [6, 6.07) is 6.88. The molecule has 0 aliphatic heterocycles. The fourth-order valence-corrected chi connectivity index (χ4v) is 1.21. The summed E-state index contributed by atoms with van der Waals surface area (Å²) in [5.74, 6) is -0.655. The molecular weight excluding hydrogens is 222 g/mol. The third-order valence-electron chi connectivity index (χ3n) is 2.00. The minimum Gasteiger partial charge on any atom is -0.460 e. The van der Waals surface area contributed by atoms with E-state index < -0.39 is 5.97 Å². The molecule has 7 nitrogen and oxygen atoms in total. The predicted octanol–water partition coefficient (Wildman–Crippen LogP) is 0.421. The Kier molecular flexibility index (Phi) is 2.99. The van der Waals surface area contributed by atoms with Crippen LogP contribution < -0.4 is 5.73 Å². The number of ether oxygens (including phenoxy) is 1. The van der Waals surface area contributed by atoms with Gasteiger partial charge in [0.05, 0.1) is 12.3 Å². The van der Waals surface area contributed by atoms with E-state index in [0.29, 0.717) is 11.4 Å². The molecule has 17 heavy (non-hydrogen) atoms. The summed E-state index contributed by atoms with van der Waals surface area (Å²) in [5, 5.41) is 11.3. The highest BCUT2D eigenvalue weighted by molar-refractivity contribution is 5.84. The van der Waals surface area contributed by atoms with E-state index in [9.17, 15) is 4.79 Å². The van der Waals surface area contributed by atoms with E-state index in [-0.39, 0.29) is 12.4 Å². The molecule has 2 aromatic rings. The quantitative estimate of drug-likeness (QED) is 0.609. The van der Waals surface area contributed by atoms with Gasteiger partial charge >= 0.3 is 5.97 Å². The first-order valence-electron chi connectivity index (χ1n) is 5.03. The standard InChI is InChI=1S/C10H11N5O2/c1-2-17-10(16)9-12-14-15(13-9)8-5-3-7(11)4-6-8/h3-6H,2,11H2,1H3. The lowest BCUT2D eigenvalue weighted by molar-refractivity contribution is 0.0512. The zero-order valence-corrected chi connectivity index (χ0v) is 9.20. The molecule has 0 bridgehead atoms. The van der Waals surface area contributed by atoms with Crippen LogP contribution in [0.4, 0.5) is 5.69 Å². The Labute approximate surface area is 97.2 Å². The van der Waals surface area contributed by atoms with E-state index in [4.69, 9.17) is 10.5 Å². The fraction of sp³-hybridized carbons (Fsp3) is 0.200. The molecule has 1 aromatic heterocycles. The van der Waals surface area contributed by atoms with Gasteiger partial charge in [-0.25, -0.2) is 4.79 Å². The summed E-state index contributed by atoms with van der Waals surface area (Å²) < 4.78 is 4.76. The van der Waals surface area contributed by atoms with Crippen LogP contribution in [0.1, 0.15) is 17.5 Å². The van der Waals surface area contributed by atoms with Crippen LogP contribution in [0.3, 0.4) is 0 Å². The Balaban J connectivity index is 2.23. The maximum Gasteiger partial charge on any atom is 0.380 e. The van der Waals surface area contributed by atoms with Crippen molar-refractivity contribution in [2.75, 3.05) is 12.3 Å². The molecule has 0 saturated carbocycles. The van der Waals surface area contributed by atoms with Crippen LogP contribution in [-0.2, 0) is 4.74 Å². The molecule has 7 heteroatoms. The summed E-state index contributed by atoms with van der Waals surface area (Å²) >= 11 is 0. The average Bonchev–Trinajstić information content (AvgIpc) is 2.80. The third-order valence-corrected chi connectivity index (χ3v) is 2.00. The molecule has 0 amide bonds. The van der Waals surface area contributed by atoms with Gasteiger partial charge in [0.15, 0.2) is 0 Å². The third kappa shape index (κ3) is 2.39. The van der Waals surface area contributed by atoms with E-state index in [1.54, 1.807) is 31.2 Å². The second-order valence-corrected chi connectivity index (χ2v) is 3.21. The van der Waals surface area contributed by atoms with Crippen molar-refractivity contribution in [2.45, 2.75) is 6.92 Å². The maximum absolute atomic E-state index is 11.3. The molecule has 0 atom stereocenters. The Morgan fingerprint density at radius 2 is 2.12 bits per heavy atom. The van der Waals surface area contributed by atoms with Crippen molar-refractivity contribution < 1.29 is 9.53 Å². The monoisotopic (exact) mass is 233 g/mol. The second-order valence-electron chi connectivity index (χ2n) is 3.21. The first-order chi connectivity index (χ1) is 8.20. The molecule has 1 aromatic carbocycles. The van der Waals surface area contributed by atoms with Crippen LogP contribution in [0.25, 0.3) is 5.69 Å². The highest BCUT2D eigenvalue weighted by Gasteiger charge is 2.14. The number of carbonyl (C=O) groups is 1. The van der Waals surface area contributed by atoms with Gasteiger partial charge in [-0.05, 0) is 36.4 Å². The first kappa shape index (κ1) is 11.1. The van der Waals surface area contributed by atoms with E-state index in [1.165, 1.54) is 4.80 Å². The van der Waals surface area contributed by atoms with Crippen LogP contribution in [0, 0.1) is 0 Å². The largest absolute Gasteiger partial charge is 0.460 e. The summed E-state index contributed by atoms with van der Waals surface area (Å²) in [4.78, 5) is 12.6. The van der Waals surface area contributed by atoms with Crippen molar-refractivity contribution in [1.29, 1.82) is 0 Å². The van der Waals surface area contributed by atoms with Gasteiger partial charge in [-0.1, -0.05) is 0 Å². The number of rotatable bonds is 3. The number of aromatic nitrogens is 4. The smallest absolute Gasteiger partial charge is 0.380 e. The molecule has 0 aliphatic carbocycles. The topological polar surface area (TPSA) is 95.9 Å². The van der Waals surface area contributed by atoms with Crippen LogP contribution in [0.5, 0.6) is 0 Å². The van der Waals surface area contributed by atoms with Crippen LogP contribution in [-0.4, -0.2) is 32.8 Å². The minimum atomic E-state index is -0.589. The van der Waals surface area contributed by atoms with Crippen molar-refractivity contribution in [3.63, 3.8) is 0 Å². The molecule has 0 fully saturated rings. The Bertz CT molecular complexity index is 520. The second kappa shape index (κ2) is 4.60. The summed E-state index contributed by atoms with van der Waals surface area (Å²) in [5.41, 5.74) is 6.87. The van der Waals surface area contributed by atoms with E-state index in [0.717, 1.165) is 0 Å². The number of tetrazole rings is 1. The molecule has 2 rings (SSSR count). The normalized spacial score (nSPS) is 10.2. The highest BCUT2D eigenvalue weighted by Crippen LogP contribution is 2.08. The van der Waals surface area contributed by atoms with Gasteiger partial charge in [0, 0.05) is 5.69 Å². The molecular formula is C10H11N5O2. The SMILES string of the molecule is CCOC(=O)c1nnn(-c2ccc(N)cc2)n1. The Morgan fingerprint density at radius 3 is 2.76 bits per heavy atom. The lowest BCUT2D eigenvalue weighted by Crippen LogP contribution is -2.07. The Morgan fingerprint density at radius 1 is 1.41 bits per heavy atom. The van der Waals surface area contributed by atoms with Gasteiger partial charge in [0.25, 0.3) is 5.82 Å². The van der Waals surface area contributed by atoms with Gasteiger partial charge < -0.3 is 10.5 Å². The van der Waals surface area contributed by atoms with Crippen LogP contribution >= 0.6 is 0 Å². The van der Waals surface area contributed by atoms with E-state index in [2.05, 4.69) is 15.4 Å². The van der Waals surface area contributed by atoms with Crippen molar-refractivity contribution in [3.8, 4) is 5.69 Å². The zero-order chi connectivity index (χ0) is 12.3. The molecule has 0 radical (unpaired) electrons. The Hall–Kier alpha value is -2.44. The molecule has 0 unspecified atom stereocenters. The number of nitrogens with two attached hydrogens (primary N) is 1. The lowest BCUT2D eigenvalue weighted by atomic mass is 10.3. The number of hydrogen-bond donors (Lipinski definition) is 1. The molecule has 0 aliphatic rings. The number of nitrogen functional groups attached to an aromatic ring is 1. The summed E-state index contributed by atoms with van der Waals surface area (Å²) in [7, 11) is 0. The van der Waals surface area contributed by atoms with Gasteiger partial charge in [0.2, 0.25) is 0 Å². The zero-order valence-electron chi connectivity index (χ0n) is 9.20. The fourth-order valence-electron chi connectivity index (χ4n) is 1.21. The van der Waals surface area contributed by atoms with Crippen molar-refractivity contribution in [3.05, 3.63) is 30.1 Å². The van der Waals surface area contributed by atoms with Crippen molar-refractivity contribution >= 4 is 11.7 Å². The van der Waals surface area contributed by atoms with Gasteiger partial charge in [-0.2, -0.15) is 0 Å². The molecule has 0 saturated heterocycles. The van der Waals surface area contributed by atoms with E-state index in [1.807, 2.05) is 0 Å². The van der Waals surface area contributed by atoms with Crippen LogP contribution in [0.15, 0.2) is 24.3 Å². The average molecular weight is 233 g/mol. The van der Waals surface area contributed by atoms with Crippen molar-refractivity contribution in [2.24, 2.45) is 0 Å². The van der Waals surface area contributed by atoms with Gasteiger partial charge in [-0.15, -0.1) is 15.0 Å². The van der Waals surface area contributed by atoms with Crippen LogP contribution in [0.2, 0.25) is 0 Å². The van der Waals surface area contributed by atoms with E-state index >= 15 is 0 Å². The van der Waals surface area contributed by atoms with Gasteiger partial charge in [0.1, 0.15) is 0 Å². The number of carbonyl (C=O) groups excluding carboxylic acids is 1. The number of esters is 1. The summed E-state index contributed by atoms with van der Waals surface area (Å²) in [6.07, 6.45) is 0. The van der Waals surface area contributed by atoms with Gasteiger partial charge in [-0.3, -0.25) is 0 Å². The number of hydrogen-bond acceptors (Lipinski definition) is 6. The first-order valence-corrected chi connectivity index (χ1v) is 5.03. The predicted molar refractivity (Wildman–Crippen MR) is 59.5 cm³/mol. The minimum absolute atomic E-state index is 0.0660. The number of benzene rings is 1.